The maximum Gasteiger partial charge on any atom is 0.324 e. The van der Waals surface area contributed by atoms with Crippen LogP contribution < -0.4 is 4.74 Å². The Hall–Kier alpha value is -1.75. The van der Waals surface area contributed by atoms with E-state index in [0.29, 0.717) is 25.1 Å². The zero-order chi connectivity index (χ0) is 15.5. The summed E-state index contributed by atoms with van der Waals surface area (Å²) in [6, 6.07) is 5.23. The molecule has 5 heteroatoms. The van der Waals surface area contributed by atoms with E-state index in [-0.39, 0.29) is 5.75 Å². The second kappa shape index (κ2) is 6.35. The molecule has 5 nitrogen and oxygen atoms in total. The zero-order valence-corrected chi connectivity index (χ0v) is 12.6. The molecule has 116 valence electrons. The van der Waals surface area contributed by atoms with Crippen LogP contribution in [0.25, 0.3) is 0 Å². The minimum Gasteiger partial charge on any atom is -0.504 e. The molecule has 0 spiro atoms. The van der Waals surface area contributed by atoms with Crippen molar-refractivity contribution in [1.29, 1.82) is 0 Å². The van der Waals surface area contributed by atoms with Crippen LogP contribution in [0, 0.1) is 0 Å². The average molecular weight is 293 g/mol. The number of rotatable bonds is 6. The second-order valence-corrected chi connectivity index (χ2v) is 5.62. The van der Waals surface area contributed by atoms with E-state index in [1.807, 2.05) is 17.9 Å². The second-order valence-electron chi connectivity index (χ2n) is 5.62. The lowest BCUT2D eigenvalue weighted by atomic mass is 9.90. The van der Waals surface area contributed by atoms with Crippen molar-refractivity contribution in [3.8, 4) is 11.5 Å². The van der Waals surface area contributed by atoms with Crippen molar-refractivity contribution in [3.05, 3.63) is 23.8 Å². The van der Waals surface area contributed by atoms with Crippen LogP contribution in [0.2, 0.25) is 0 Å². The van der Waals surface area contributed by atoms with Crippen molar-refractivity contribution in [2.45, 2.75) is 44.7 Å². The van der Waals surface area contributed by atoms with Crippen molar-refractivity contribution >= 4 is 5.97 Å². The van der Waals surface area contributed by atoms with E-state index in [0.717, 1.165) is 24.9 Å². The Morgan fingerprint density at radius 1 is 1.48 bits per heavy atom. The quantitative estimate of drug-likeness (QED) is 0.843. The Labute approximate surface area is 125 Å². The summed E-state index contributed by atoms with van der Waals surface area (Å²) in [6.45, 7) is 3.32. The molecular formula is C16H23NO4. The van der Waals surface area contributed by atoms with Crippen molar-refractivity contribution in [3.63, 3.8) is 0 Å². The van der Waals surface area contributed by atoms with Crippen molar-refractivity contribution in [2.24, 2.45) is 0 Å². The van der Waals surface area contributed by atoms with Gasteiger partial charge in [0, 0.05) is 6.54 Å². The first-order valence-electron chi connectivity index (χ1n) is 7.38. The molecule has 0 radical (unpaired) electrons. The highest BCUT2D eigenvalue weighted by Gasteiger charge is 2.46. The average Bonchev–Trinajstić information content (AvgIpc) is 2.84. The van der Waals surface area contributed by atoms with Gasteiger partial charge in [0.1, 0.15) is 5.54 Å². The topological polar surface area (TPSA) is 70.0 Å². The standard InChI is InChI=1S/C16H23NO4/c1-3-7-16(15(19)20)8-4-9-17(16)11-12-5-6-14(21-2)13(18)10-12/h5-6,10,18H,3-4,7-9,11H2,1-2H3,(H,19,20). The van der Waals surface area contributed by atoms with Gasteiger partial charge in [-0.15, -0.1) is 0 Å². The summed E-state index contributed by atoms with van der Waals surface area (Å²) in [5.41, 5.74) is 0.140. The van der Waals surface area contributed by atoms with Gasteiger partial charge in [0.05, 0.1) is 7.11 Å². The van der Waals surface area contributed by atoms with Crippen LogP contribution >= 0.6 is 0 Å². The molecule has 1 atom stereocenters. The SMILES string of the molecule is CCCC1(C(=O)O)CCCN1Cc1ccc(OC)c(O)c1. The van der Waals surface area contributed by atoms with Gasteiger partial charge in [-0.3, -0.25) is 9.69 Å². The third kappa shape index (κ3) is 2.97. The fourth-order valence-corrected chi connectivity index (χ4v) is 3.27. The highest BCUT2D eigenvalue weighted by molar-refractivity contribution is 5.79. The van der Waals surface area contributed by atoms with Crippen molar-refractivity contribution < 1.29 is 19.7 Å². The number of carboxylic acid groups (broad SMARTS) is 1. The molecule has 1 aliphatic heterocycles. The molecule has 1 unspecified atom stereocenters. The number of carboxylic acids is 1. The molecule has 0 amide bonds. The lowest BCUT2D eigenvalue weighted by molar-refractivity contribution is -0.150. The number of hydrogen-bond donors (Lipinski definition) is 2. The Morgan fingerprint density at radius 3 is 2.81 bits per heavy atom. The molecule has 1 aliphatic rings. The predicted molar refractivity (Wildman–Crippen MR) is 79.6 cm³/mol. The molecule has 0 aliphatic carbocycles. The number of carbonyl (C=O) groups is 1. The lowest BCUT2D eigenvalue weighted by Crippen LogP contribution is -2.49. The van der Waals surface area contributed by atoms with Gasteiger partial charge in [-0.2, -0.15) is 0 Å². The van der Waals surface area contributed by atoms with E-state index in [1.165, 1.54) is 7.11 Å². The fourth-order valence-electron chi connectivity index (χ4n) is 3.27. The van der Waals surface area contributed by atoms with Crippen molar-refractivity contribution in [2.75, 3.05) is 13.7 Å². The van der Waals surface area contributed by atoms with Crippen LogP contribution in [0.4, 0.5) is 0 Å². The number of hydrogen-bond acceptors (Lipinski definition) is 4. The molecule has 0 saturated carbocycles. The molecule has 1 fully saturated rings. The van der Waals surface area contributed by atoms with Crippen LogP contribution in [0.5, 0.6) is 11.5 Å². The van der Waals surface area contributed by atoms with Crippen LogP contribution in [0.1, 0.15) is 38.2 Å². The number of likely N-dealkylation sites (tertiary alicyclic amines) is 1. The van der Waals surface area contributed by atoms with Gasteiger partial charge in [0.25, 0.3) is 0 Å². The van der Waals surface area contributed by atoms with E-state index in [1.54, 1.807) is 12.1 Å². The number of nitrogens with zero attached hydrogens (tertiary/aromatic N) is 1. The van der Waals surface area contributed by atoms with Crippen molar-refractivity contribution in [1.82, 2.24) is 4.90 Å². The maximum absolute atomic E-state index is 11.8. The number of ether oxygens (including phenoxy) is 1. The molecule has 1 saturated heterocycles. The largest absolute Gasteiger partial charge is 0.504 e. The van der Waals surface area contributed by atoms with E-state index >= 15 is 0 Å². The van der Waals surface area contributed by atoms with E-state index in [4.69, 9.17) is 4.74 Å². The molecule has 0 bridgehead atoms. The maximum atomic E-state index is 11.8. The van der Waals surface area contributed by atoms with E-state index in [2.05, 4.69) is 0 Å². The number of phenolic OH excluding ortho intramolecular Hbond substituents is 1. The predicted octanol–water partition coefficient (Wildman–Crippen LogP) is 2.62. The van der Waals surface area contributed by atoms with Gasteiger partial charge in [-0.1, -0.05) is 19.4 Å². The normalized spacial score (nSPS) is 22.4. The first-order chi connectivity index (χ1) is 10.0. The smallest absolute Gasteiger partial charge is 0.324 e. The van der Waals surface area contributed by atoms with Crippen LogP contribution in [-0.4, -0.2) is 40.3 Å². The Bertz CT molecular complexity index is 517. The summed E-state index contributed by atoms with van der Waals surface area (Å²) in [6.07, 6.45) is 3.09. The summed E-state index contributed by atoms with van der Waals surface area (Å²) >= 11 is 0. The molecule has 2 N–H and O–H groups in total. The van der Waals surface area contributed by atoms with Crippen LogP contribution in [-0.2, 0) is 11.3 Å². The first kappa shape index (κ1) is 15.6. The summed E-state index contributed by atoms with van der Waals surface area (Å²) in [5, 5.41) is 19.5. The van der Waals surface area contributed by atoms with Gasteiger partial charge in [0.15, 0.2) is 11.5 Å². The van der Waals surface area contributed by atoms with Gasteiger partial charge >= 0.3 is 5.97 Å². The van der Waals surface area contributed by atoms with Gasteiger partial charge in [0.2, 0.25) is 0 Å². The van der Waals surface area contributed by atoms with Gasteiger partial charge in [-0.25, -0.2) is 0 Å². The first-order valence-corrected chi connectivity index (χ1v) is 7.38. The van der Waals surface area contributed by atoms with Gasteiger partial charge in [-0.05, 0) is 43.5 Å². The van der Waals surface area contributed by atoms with E-state index in [9.17, 15) is 15.0 Å². The molecular weight excluding hydrogens is 270 g/mol. The minimum atomic E-state index is -0.760. The minimum absolute atomic E-state index is 0.0885. The Morgan fingerprint density at radius 2 is 2.24 bits per heavy atom. The zero-order valence-electron chi connectivity index (χ0n) is 12.6. The van der Waals surface area contributed by atoms with Crippen LogP contribution in [0.3, 0.4) is 0 Å². The molecule has 1 heterocycles. The molecule has 21 heavy (non-hydrogen) atoms. The molecule has 1 aromatic carbocycles. The molecule has 0 aromatic heterocycles. The highest BCUT2D eigenvalue weighted by Crippen LogP contribution is 2.36. The summed E-state index contributed by atoms with van der Waals surface area (Å²) in [4.78, 5) is 13.8. The number of methoxy groups -OCH3 is 1. The monoisotopic (exact) mass is 293 g/mol. The number of phenols is 1. The third-order valence-electron chi connectivity index (χ3n) is 4.30. The molecule has 2 rings (SSSR count). The Kier molecular flexibility index (Phi) is 4.73. The van der Waals surface area contributed by atoms with Gasteiger partial charge < -0.3 is 14.9 Å². The van der Waals surface area contributed by atoms with Crippen LogP contribution in [0.15, 0.2) is 18.2 Å². The lowest BCUT2D eigenvalue weighted by Gasteiger charge is -2.34. The number of aromatic hydroxyl groups is 1. The number of aliphatic carboxylic acids is 1. The fraction of sp³-hybridized carbons (Fsp3) is 0.562. The summed E-state index contributed by atoms with van der Waals surface area (Å²) in [5.74, 6) is -0.219. The molecule has 1 aromatic rings. The third-order valence-corrected chi connectivity index (χ3v) is 4.30. The Balaban J connectivity index is 2.21. The number of benzene rings is 1. The summed E-state index contributed by atoms with van der Waals surface area (Å²) < 4.78 is 5.03. The van der Waals surface area contributed by atoms with E-state index < -0.39 is 11.5 Å². The highest BCUT2D eigenvalue weighted by atomic mass is 16.5. The summed E-state index contributed by atoms with van der Waals surface area (Å²) in [7, 11) is 1.51.